The van der Waals surface area contributed by atoms with E-state index in [1.54, 1.807) is 6.08 Å². The van der Waals surface area contributed by atoms with E-state index in [0.29, 0.717) is 12.8 Å². The average Bonchev–Trinajstić information content (AvgIpc) is 2.45. The molecule has 0 aliphatic rings. The van der Waals surface area contributed by atoms with Gasteiger partial charge >= 0.3 is 5.97 Å². The van der Waals surface area contributed by atoms with Crippen molar-refractivity contribution in [1.29, 1.82) is 0 Å². The monoisotopic (exact) mass is 292 g/mol. The van der Waals surface area contributed by atoms with Crippen molar-refractivity contribution in [1.82, 2.24) is 0 Å². The second-order valence-corrected chi connectivity index (χ2v) is 4.84. The summed E-state index contributed by atoms with van der Waals surface area (Å²) < 4.78 is 0. The Kier molecular flexibility index (Phi) is 13.7. The predicted molar refractivity (Wildman–Crippen MR) is 88.2 cm³/mol. The third-order valence-electron chi connectivity index (χ3n) is 2.81. The van der Waals surface area contributed by atoms with E-state index in [0.717, 1.165) is 25.7 Å². The molecular formula is C18H28O3. The van der Waals surface area contributed by atoms with E-state index in [-0.39, 0.29) is 6.42 Å². The number of carbonyl (C=O) groups is 1. The topological polar surface area (TPSA) is 57.5 Å². The van der Waals surface area contributed by atoms with E-state index in [1.807, 2.05) is 30.4 Å². The van der Waals surface area contributed by atoms with Crippen LogP contribution < -0.4 is 0 Å². The fourth-order valence-corrected chi connectivity index (χ4v) is 1.66. The third-order valence-corrected chi connectivity index (χ3v) is 2.81. The lowest BCUT2D eigenvalue weighted by Crippen LogP contribution is -1.98. The zero-order valence-electron chi connectivity index (χ0n) is 12.9. The highest BCUT2D eigenvalue weighted by Crippen LogP contribution is 2.03. The Morgan fingerprint density at radius 2 is 1.86 bits per heavy atom. The Morgan fingerprint density at radius 1 is 1.05 bits per heavy atom. The van der Waals surface area contributed by atoms with Crippen LogP contribution in [-0.4, -0.2) is 22.3 Å². The second-order valence-electron chi connectivity index (χ2n) is 4.84. The summed E-state index contributed by atoms with van der Waals surface area (Å²) in [7, 11) is 0. The number of aliphatic carboxylic acids is 1. The normalized spacial score (nSPS) is 14.0. The van der Waals surface area contributed by atoms with Gasteiger partial charge in [-0.15, -0.1) is 0 Å². The van der Waals surface area contributed by atoms with E-state index in [4.69, 9.17) is 5.11 Å². The van der Waals surface area contributed by atoms with Gasteiger partial charge in [0.15, 0.2) is 0 Å². The Morgan fingerprint density at radius 3 is 2.57 bits per heavy atom. The maximum atomic E-state index is 10.3. The van der Waals surface area contributed by atoms with Gasteiger partial charge in [-0.3, -0.25) is 4.79 Å². The first kappa shape index (κ1) is 19.4. The summed E-state index contributed by atoms with van der Waals surface area (Å²) in [5.74, 6) is -0.738. The minimum atomic E-state index is -0.738. The van der Waals surface area contributed by atoms with Crippen LogP contribution in [0.25, 0.3) is 0 Å². The first-order chi connectivity index (χ1) is 10.2. The average molecular weight is 292 g/mol. The molecule has 0 saturated carbocycles. The molecule has 2 N–H and O–H groups in total. The number of carboxylic acids is 1. The second kappa shape index (κ2) is 14.8. The van der Waals surface area contributed by atoms with Crippen LogP contribution in [0.15, 0.2) is 48.6 Å². The lowest BCUT2D eigenvalue weighted by Gasteiger charge is -1.99. The Bertz CT molecular complexity index is 365. The molecule has 0 aliphatic heterocycles. The molecule has 3 nitrogen and oxygen atoms in total. The quantitative estimate of drug-likeness (QED) is 0.318. The fourth-order valence-electron chi connectivity index (χ4n) is 1.66. The molecule has 0 aliphatic carbocycles. The van der Waals surface area contributed by atoms with Gasteiger partial charge in [-0.05, 0) is 38.5 Å². The number of aliphatic hydroxyl groups is 1. The van der Waals surface area contributed by atoms with Crippen molar-refractivity contribution in [3.8, 4) is 0 Å². The van der Waals surface area contributed by atoms with Crippen molar-refractivity contribution < 1.29 is 15.0 Å². The minimum Gasteiger partial charge on any atom is -0.481 e. The number of rotatable bonds is 12. The lowest BCUT2D eigenvalue weighted by atomic mass is 10.1. The molecule has 0 aromatic rings. The molecule has 0 saturated heterocycles. The number of aliphatic hydroxyl groups excluding tert-OH is 1. The highest BCUT2D eigenvalue weighted by Gasteiger charge is 1.95. The summed E-state index contributed by atoms with van der Waals surface area (Å²) in [6.45, 7) is 2.11. The summed E-state index contributed by atoms with van der Waals surface area (Å²) in [6, 6.07) is 0. The number of allylic oxidation sites excluding steroid dienone is 6. The molecule has 0 amide bonds. The molecule has 0 rings (SSSR count). The molecule has 1 atom stereocenters. The molecule has 0 heterocycles. The van der Waals surface area contributed by atoms with Gasteiger partial charge in [0.25, 0.3) is 0 Å². The standard InChI is InChI=1S/C18H28O3/c1-2-3-4-5-6-8-11-14-17(19)15-12-9-7-10-13-16-18(20)21/h3-4,6,8-9,11-12,14,17,19H,2,5,7,10,13,15-16H2,1H3,(H,20,21)/b4-3+,8-6+,12-9-,14-11+. The van der Waals surface area contributed by atoms with Crippen LogP contribution in [-0.2, 0) is 4.79 Å². The predicted octanol–water partition coefficient (Wildman–Crippen LogP) is 4.41. The van der Waals surface area contributed by atoms with Crippen molar-refractivity contribution in [3.05, 3.63) is 48.6 Å². The summed E-state index contributed by atoms with van der Waals surface area (Å²) in [4.78, 5) is 10.3. The Balaban J connectivity index is 3.62. The molecule has 1 unspecified atom stereocenters. The van der Waals surface area contributed by atoms with Gasteiger partial charge in [0.1, 0.15) is 0 Å². The van der Waals surface area contributed by atoms with Crippen LogP contribution >= 0.6 is 0 Å². The molecule has 21 heavy (non-hydrogen) atoms. The van der Waals surface area contributed by atoms with Gasteiger partial charge in [-0.2, -0.15) is 0 Å². The largest absolute Gasteiger partial charge is 0.481 e. The van der Waals surface area contributed by atoms with E-state index >= 15 is 0 Å². The van der Waals surface area contributed by atoms with Crippen molar-refractivity contribution in [2.45, 2.75) is 58.0 Å². The lowest BCUT2D eigenvalue weighted by molar-refractivity contribution is -0.137. The van der Waals surface area contributed by atoms with E-state index in [2.05, 4.69) is 19.1 Å². The van der Waals surface area contributed by atoms with Crippen molar-refractivity contribution in [3.63, 3.8) is 0 Å². The third kappa shape index (κ3) is 16.3. The summed E-state index contributed by atoms with van der Waals surface area (Å²) in [6.07, 6.45) is 20.6. The van der Waals surface area contributed by atoms with Gasteiger partial charge in [0.05, 0.1) is 6.10 Å². The first-order valence-corrected chi connectivity index (χ1v) is 7.70. The van der Waals surface area contributed by atoms with Gasteiger partial charge in [0, 0.05) is 6.42 Å². The molecule has 0 aromatic heterocycles. The van der Waals surface area contributed by atoms with Gasteiger partial charge in [-0.1, -0.05) is 55.5 Å². The first-order valence-electron chi connectivity index (χ1n) is 7.70. The van der Waals surface area contributed by atoms with Crippen LogP contribution in [0, 0.1) is 0 Å². The molecule has 0 bridgehead atoms. The zero-order valence-corrected chi connectivity index (χ0v) is 12.9. The molecule has 0 radical (unpaired) electrons. The Hall–Kier alpha value is -1.61. The van der Waals surface area contributed by atoms with Crippen LogP contribution in [0.4, 0.5) is 0 Å². The van der Waals surface area contributed by atoms with E-state index < -0.39 is 12.1 Å². The molecule has 0 fully saturated rings. The SMILES string of the molecule is CC/C=C/C/C=C/C=C/C(O)C/C=C\CCCCC(=O)O. The van der Waals surface area contributed by atoms with Crippen molar-refractivity contribution >= 4 is 5.97 Å². The highest BCUT2D eigenvalue weighted by molar-refractivity contribution is 5.66. The number of hydrogen-bond acceptors (Lipinski definition) is 2. The summed E-state index contributed by atoms with van der Waals surface area (Å²) >= 11 is 0. The van der Waals surface area contributed by atoms with E-state index in [9.17, 15) is 9.90 Å². The maximum absolute atomic E-state index is 10.3. The summed E-state index contributed by atoms with van der Waals surface area (Å²) in [5.41, 5.74) is 0. The Labute approximate surface area is 128 Å². The molecule has 0 spiro atoms. The summed E-state index contributed by atoms with van der Waals surface area (Å²) in [5, 5.41) is 18.2. The smallest absolute Gasteiger partial charge is 0.303 e. The fraction of sp³-hybridized carbons (Fsp3) is 0.500. The molecule has 118 valence electrons. The van der Waals surface area contributed by atoms with Crippen molar-refractivity contribution in [2.75, 3.05) is 0 Å². The van der Waals surface area contributed by atoms with Crippen LogP contribution in [0.3, 0.4) is 0 Å². The maximum Gasteiger partial charge on any atom is 0.303 e. The van der Waals surface area contributed by atoms with Gasteiger partial charge < -0.3 is 10.2 Å². The number of hydrogen-bond donors (Lipinski definition) is 2. The molecule has 3 heteroatoms. The van der Waals surface area contributed by atoms with Crippen LogP contribution in [0.2, 0.25) is 0 Å². The number of carboxylic acid groups (broad SMARTS) is 1. The zero-order chi connectivity index (χ0) is 15.8. The van der Waals surface area contributed by atoms with Crippen molar-refractivity contribution in [2.24, 2.45) is 0 Å². The van der Waals surface area contributed by atoms with Gasteiger partial charge in [-0.25, -0.2) is 0 Å². The van der Waals surface area contributed by atoms with Crippen LogP contribution in [0.5, 0.6) is 0 Å². The van der Waals surface area contributed by atoms with Crippen LogP contribution in [0.1, 0.15) is 51.9 Å². The highest BCUT2D eigenvalue weighted by atomic mass is 16.4. The molecular weight excluding hydrogens is 264 g/mol. The molecule has 0 aromatic carbocycles. The van der Waals surface area contributed by atoms with Gasteiger partial charge in [0.2, 0.25) is 0 Å². The number of unbranched alkanes of at least 4 members (excludes halogenated alkanes) is 2. The van der Waals surface area contributed by atoms with E-state index in [1.165, 1.54) is 0 Å². The minimum absolute atomic E-state index is 0.235.